The van der Waals surface area contributed by atoms with Crippen molar-refractivity contribution in [2.24, 2.45) is 0 Å². The Hall–Kier alpha value is -2.57. The number of hydrogen-bond acceptors (Lipinski definition) is 2. The molecule has 0 bridgehead atoms. The highest BCUT2D eigenvalue weighted by atomic mass is 15.0. The Morgan fingerprint density at radius 2 is 2.09 bits per heavy atom. The molecule has 0 amide bonds. The molecular weight excluding hydrogens is 270 g/mol. The molecule has 22 heavy (non-hydrogen) atoms. The fraction of sp³-hybridized carbons (Fsp3) is 0.211. The van der Waals surface area contributed by atoms with Gasteiger partial charge in [0, 0.05) is 24.5 Å². The number of hydrogen-bond donors (Lipinski definition) is 0. The third-order valence-corrected chi connectivity index (χ3v) is 3.84. The Labute approximate surface area is 131 Å². The van der Waals surface area contributed by atoms with Gasteiger partial charge < -0.3 is 9.47 Å². The Bertz CT molecular complexity index is 785. The molecule has 0 unspecified atom stereocenters. The van der Waals surface area contributed by atoms with E-state index >= 15 is 0 Å². The molecule has 0 atom stereocenters. The summed E-state index contributed by atoms with van der Waals surface area (Å²) in [7, 11) is 4.16. The summed E-state index contributed by atoms with van der Waals surface area (Å²) in [6, 6.07) is 12.6. The highest BCUT2D eigenvalue weighted by Crippen LogP contribution is 2.32. The summed E-state index contributed by atoms with van der Waals surface area (Å²) in [6.07, 6.45) is 9.27. The Morgan fingerprint density at radius 3 is 2.86 bits per heavy atom. The van der Waals surface area contributed by atoms with E-state index in [0.717, 1.165) is 18.7 Å². The van der Waals surface area contributed by atoms with Crippen LogP contribution < -0.4 is 0 Å². The van der Waals surface area contributed by atoms with Gasteiger partial charge in [-0.25, -0.2) is 0 Å². The van der Waals surface area contributed by atoms with Crippen LogP contribution >= 0.6 is 0 Å². The van der Waals surface area contributed by atoms with Crippen molar-refractivity contribution >= 4 is 17.8 Å². The highest BCUT2D eigenvalue weighted by molar-refractivity contribution is 5.88. The second kappa shape index (κ2) is 6.05. The first-order chi connectivity index (χ1) is 10.7. The Balaban J connectivity index is 2.11. The zero-order valence-corrected chi connectivity index (χ0v) is 13.0. The molecule has 3 heteroatoms. The maximum atomic E-state index is 9.17. The van der Waals surface area contributed by atoms with Gasteiger partial charge in [0.2, 0.25) is 0 Å². The smallest absolute Gasteiger partial charge is 0.101 e. The van der Waals surface area contributed by atoms with E-state index in [-0.39, 0.29) is 0 Å². The van der Waals surface area contributed by atoms with Crippen LogP contribution in [-0.4, -0.2) is 30.1 Å². The van der Waals surface area contributed by atoms with E-state index in [1.54, 1.807) is 0 Å². The van der Waals surface area contributed by atoms with Gasteiger partial charge in [-0.3, -0.25) is 0 Å². The molecule has 0 fully saturated rings. The molecular formula is C19H19N3. The van der Waals surface area contributed by atoms with Gasteiger partial charge in [-0.2, -0.15) is 5.26 Å². The van der Waals surface area contributed by atoms with Gasteiger partial charge in [-0.05, 0) is 43.8 Å². The molecule has 3 rings (SSSR count). The van der Waals surface area contributed by atoms with Crippen molar-refractivity contribution in [2.45, 2.75) is 6.42 Å². The lowest BCUT2D eigenvalue weighted by atomic mass is 9.96. The highest BCUT2D eigenvalue weighted by Gasteiger charge is 2.16. The van der Waals surface area contributed by atoms with E-state index < -0.39 is 0 Å². The van der Waals surface area contributed by atoms with Crippen LogP contribution in [0.2, 0.25) is 0 Å². The van der Waals surface area contributed by atoms with Gasteiger partial charge in [0.1, 0.15) is 6.07 Å². The van der Waals surface area contributed by atoms with Gasteiger partial charge in [-0.15, -0.1) is 0 Å². The maximum absolute atomic E-state index is 9.17. The normalized spacial score (nSPS) is 14.5. The van der Waals surface area contributed by atoms with Crippen molar-refractivity contribution in [3.05, 3.63) is 65.0 Å². The SMILES string of the molecule is CN(C)CC/C=C1\c2ccccc2C=Cn2cc(C#N)cc21. The summed E-state index contributed by atoms with van der Waals surface area (Å²) < 4.78 is 2.04. The van der Waals surface area contributed by atoms with E-state index in [4.69, 9.17) is 0 Å². The van der Waals surface area contributed by atoms with Crippen LogP contribution in [-0.2, 0) is 0 Å². The molecule has 2 heterocycles. The van der Waals surface area contributed by atoms with Crippen molar-refractivity contribution in [1.29, 1.82) is 5.26 Å². The zero-order valence-electron chi connectivity index (χ0n) is 13.0. The topological polar surface area (TPSA) is 32.0 Å². The predicted molar refractivity (Wildman–Crippen MR) is 91.1 cm³/mol. The minimum Gasteiger partial charge on any atom is -0.322 e. The number of aromatic nitrogens is 1. The minimum absolute atomic E-state index is 0.692. The van der Waals surface area contributed by atoms with Crippen molar-refractivity contribution in [3.63, 3.8) is 0 Å². The lowest BCUT2D eigenvalue weighted by Crippen LogP contribution is -2.12. The molecule has 1 aliphatic rings. The fourth-order valence-electron chi connectivity index (χ4n) is 2.75. The molecule has 0 saturated carbocycles. The molecule has 1 aromatic heterocycles. The molecule has 0 N–H and O–H groups in total. The first kappa shape index (κ1) is 14.4. The minimum atomic E-state index is 0.692. The van der Waals surface area contributed by atoms with Gasteiger partial charge in [-0.1, -0.05) is 30.3 Å². The summed E-state index contributed by atoms with van der Waals surface area (Å²) in [6.45, 7) is 1.00. The maximum Gasteiger partial charge on any atom is 0.101 e. The fourth-order valence-corrected chi connectivity index (χ4v) is 2.75. The van der Waals surface area contributed by atoms with Crippen LogP contribution in [0, 0.1) is 11.3 Å². The van der Waals surface area contributed by atoms with E-state index in [1.165, 1.54) is 16.7 Å². The molecule has 0 spiro atoms. The molecule has 110 valence electrons. The van der Waals surface area contributed by atoms with Crippen LogP contribution in [0.4, 0.5) is 0 Å². The molecule has 2 aromatic rings. The molecule has 0 aliphatic carbocycles. The van der Waals surface area contributed by atoms with Crippen molar-refractivity contribution < 1.29 is 0 Å². The molecule has 0 saturated heterocycles. The number of nitriles is 1. The summed E-state index contributed by atoms with van der Waals surface area (Å²) in [5, 5.41) is 9.17. The zero-order chi connectivity index (χ0) is 15.5. The van der Waals surface area contributed by atoms with E-state index in [0.29, 0.717) is 5.56 Å². The van der Waals surface area contributed by atoms with Crippen molar-refractivity contribution in [1.82, 2.24) is 9.47 Å². The predicted octanol–water partition coefficient (Wildman–Crippen LogP) is 3.68. The first-order valence-corrected chi connectivity index (χ1v) is 7.44. The quantitative estimate of drug-likeness (QED) is 0.736. The van der Waals surface area contributed by atoms with Crippen LogP contribution in [0.15, 0.2) is 42.6 Å². The summed E-state index contributed by atoms with van der Waals surface area (Å²) >= 11 is 0. The van der Waals surface area contributed by atoms with Gasteiger partial charge in [0.15, 0.2) is 0 Å². The molecule has 1 aliphatic heterocycles. The number of fused-ring (bicyclic) bond motifs is 2. The van der Waals surface area contributed by atoms with E-state index in [1.807, 2.05) is 23.0 Å². The first-order valence-electron chi connectivity index (χ1n) is 7.44. The second-order valence-electron chi connectivity index (χ2n) is 5.75. The third kappa shape index (κ3) is 2.74. The largest absolute Gasteiger partial charge is 0.322 e. The molecule has 0 radical (unpaired) electrons. The average molecular weight is 289 g/mol. The lowest BCUT2D eigenvalue weighted by molar-refractivity contribution is 0.417. The van der Waals surface area contributed by atoms with Gasteiger partial charge in [0.25, 0.3) is 0 Å². The van der Waals surface area contributed by atoms with Crippen LogP contribution in [0.25, 0.3) is 17.8 Å². The van der Waals surface area contributed by atoms with Crippen LogP contribution in [0.5, 0.6) is 0 Å². The van der Waals surface area contributed by atoms with Gasteiger partial charge >= 0.3 is 0 Å². The average Bonchev–Trinajstić information content (AvgIpc) is 2.87. The monoisotopic (exact) mass is 289 g/mol. The van der Waals surface area contributed by atoms with E-state index in [9.17, 15) is 5.26 Å². The number of nitrogens with zero attached hydrogens (tertiary/aromatic N) is 3. The van der Waals surface area contributed by atoms with Crippen LogP contribution in [0.3, 0.4) is 0 Å². The summed E-state index contributed by atoms with van der Waals surface area (Å²) in [4.78, 5) is 2.18. The molecule has 3 nitrogen and oxygen atoms in total. The Morgan fingerprint density at radius 1 is 1.27 bits per heavy atom. The standard InChI is InChI=1S/C19H19N3/c1-21(2)10-5-8-18-17-7-4-3-6-16(17)9-11-22-14-15(13-20)12-19(18)22/h3-4,6-9,11-12,14H,5,10H2,1-2H3/b18-8+. The van der Waals surface area contributed by atoms with E-state index in [2.05, 4.69) is 61.5 Å². The molecule has 1 aromatic carbocycles. The number of benzene rings is 1. The third-order valence-electron chi connectivity index (χ3n) is 3.84. The van der Waals surface area contributed by atoms with Crippen LogP contribution in [0.1, 0.15) is 28.8 Å². The summed E-state index contributed by atoms with van der Waals surface area (Å²) in [5.74, 6) is 0. The van der Waals surface area contributed by atoms with Gasteiger partial charge in [0.05, 0.1) is 11.3 Å². The number of rotatable bonds is 3. The van der Waals surface area contributed by atoms with Crippen molar-refractivity contribution in [2.75, 3.05) is 20.6 Å². The lowest BCUT2D eigenvalue weighted by Gasteiger charge is -2.12. The van der Waals surface area contributed by atoms with Crippen molar-refractivity contribution in [3.8, 4) is 6.07 Å². The second-order valence-corrected chi connectivity index (χ2v) is 5.75. The Kier molecular flexibility index (Phi) is 3.95. The summed E-state index contributed by atoms with van der Waals surface area (Å²) in [5.41, 5.74) is 5.40.